The van der Waals surface area contributed by atoms with Crippen LogP contribution in [-0.4, -0.2) is 35.7 Å². The van der Waals surface area contributed by atoms with Crippen LogP contribution in [0.5, 0.6) is 0 Å². The summed E-state index contributed by atoms with van der Waals surface area (Å²) in [4.78, 5) is 39.0. The zero-order chi connectivity index (χ0) is 19.6. The maximum Gasteiger partial charge on any atom is 0.252 e. The van der Waals surface area contributed by atoms with Crippen molar-refractivity contribution in [2.45, 2.75) is 26.7 Å². The lowest BCUT2D eigenvalue weighted by atomic mass is 9.95. The quantitative estimate of drug-likeness (QED) is 0.847. The molecule has 2 aromatic rings. The van der Waals surface area contributed by atoms with E-state index in [1.165, 1.54) is 11.3 Å². The fraction of sp³-hybridized carbons (Fsp3) is 0.350. The number of nitrogens with zero attached hydrogens (tertiary/aromatic N) is 1. The molecule has 0 bridgehead atoms. The average Bonchev–Trinajstić information content (AvgIpc) is 2.98. The SMILES string of the molecule is CC(=O)N1CCC(C(=O)Nc2sc(C)c(-c3ccccc3)c2C(N)=O)CC1. The van der Waals surface area contributed by atoms with E-state index in [2.05, 4.69) is 5.32 Å². The molecule has 3 rings (SSSR count). The molecule has 0 saturated carbocycles. The van der Waals surface area contributed by atoms with Crippen molar-refractivity contribution in [3.8, 4) is 11.1 Å². The van der Waals surface area contributed by atoms with E-state index < -0.39 is 5.91 Å². The number of anilines is 1. The molecule has 0 atom stereocenters. The van der Waals surface area contributed by atoms with E-state index in [9.17, 15) is 14.4 Å². The molecule has 1 saturated heterocycles. The van der Waals surface area contributed by atoms with Crippen LogP contribution in [0.2, 0.25) is 0 Å². The molecule has 0 radical (unpaired) electrons. The van der Waals surface area contributed by atoms with E-state index in [4.69, 9.17) is 5.73 Å². The molecule has 0 aliphatic carbocycles. The first kappa shape index (κ1) is 19.1. The maximum absolute atomic E-state index is 12.7. The van der Waals surface area contributed by atoms with Crippen molar-refractivity contribution in [3.05, 3.63) is 40.8 Å². The molecule has 2 heterocycles. The lowest BCUT2D eigenvalue weighted by Crippen LogP contribution is -2.40. The van der Waals surface area contributed by atoms with Gasteiger partial charge in [0.05, 0.1) is 5.56 Å². The zero-order valence-corrected chi connectivity index (χ0v) is 16.3. The van der Waals surface area contributed by atoms with E-state index in [0.717, 1.165) is 16.0 Å². The van der Waals surface area contributed by atoms with Gasteiger partial charge in [0.2, 0.25) is 11.8 Å². The molecule has 27 heavy (non-hydrogen) atoms. The molecule has 1 aliphatic heterocycles. The monoisotopic (exact) mass is 385 g/mol. The number of aryl methyl sites for hydroxylation is 1. The molecule has 6 nitrogen and oxygen atoms in total. The predicted octanol–water partition coefficient (Wildman–Crippen LogP) is 3.02. The topological polar surface area (TPSA) is 92.5 Å². The molecule has 1 aromatic carbocycles. The zero-order valence-electron chi connectivity index (χ0n) is 15.5. The number of carbonyl (C=O) groups is 3. The summed E-state index contributed by atoms with van der Waals surface area (Å²) in [5.41, 5.74) is 7.67. The van der Waals surface area contributed by atoms with Crippen LogP contribution < -0.4 is 11.1 Å². The molecule has 3 N–H and O–H groups in total. The van der Waals surface area contributed by atoms with Gasteiger partial charge in [-0.2, -0.15) is 0 Å². The molecule has 1 aromatic heterocycles. The first-order valence-electron chi connectivity index (χ1n) is 8.93. The first-order valence-corrected chi connectivity index (χ1v) is 9.75. The van der Waals surface area contributed by atoms with E-state index in [1.54, 1.807) is 11.8 Å². The number of amides is 3. The van der Waals surface area contributed by atoms with E-state index >= 15 is 0 Å². The molecule has 1 aliphatic rings. The van der Waals surface area contributed by atoms with E-state index in [-0.39, 0.29) is 17.7 Å². The first-order chi connectivity index (χ1) is 12.9. The van der Waals surface area contributed by atoms with Crippen LogP contribution in [0.25, 0.3) is 11.1 Å². The summed E-state index contributed by atoms with van der Waals surface area (Å²) in [6.45, 7) is 4.61. The standard InChI is InChI=1S/C20H23N3O3S/c1-12-16(14-6-4-3-5-7-14)17(18(21)25)20(27-12)22-19(26)15-8-10-23(11-9-15)13(2)24/h3-7,15H,8-11H2,1-2H3,(H2,21,25)(H,22,26). The molecule has 0 spiro atoms. The largest absolute Gasteiger partial charge is 0.365 e. The normalized spacial score (nSPS) is 14.8. The Balaban J connectivity index is 1.82. The van der Waals surface area contributed by atoms with Gasteiger partial charge in [0, 0.05) is 36.4 Å². The van der Waals surface area contributed by atoms with Crippen LogP contribution in [0.15, 0.2) is 30.3 Å². The van der Waals surface area contributed by atoms with Crippen LogP contribution in [0.1, 0.15) is 35.0 Å². The minimum absolute atomic E-state index is 0.0336. The van der Waals surface area contributed by atoms with Crippen LogP contribution in [0, 0.1) is 12.8 Å². The minimum atomic E-state index is -0.556. The highest BCUT2D eigenvalue weighted by molar-refractivity contribution is 7.17. The van der Waals surface area contributed by atoms with Crippen molar-refractivity contribution in [3.63, 3.8) is 0 Å². The van der Waals surface area contributed by atoms with Crippen molar-refractivity contribution in [2.75, 3.05) is 18.4 Å². The van der Waals surface area contributed by atoms with Gasteiger partial charge in [-0.15, -0.1) is 11.3 Å². The minimum Gasteiger partial charge on any atom is -0.365 e. The lowest BCUT2D eigenvalue weighted by Gasteiger charge is -2.30. The Hall–Kier alpha value is -2.67. The third kappa shape index (κ3) is 4.03. The van der Waals surface area contributed by atoms with Gasteiger partial charge in [-0.1, -0.05) is 30.3 Å². The van der Waals surface area contributed by atoms with Crippen LogP contribution in [0.4, 0.5) is 5.00 Å². The Kier molecular flexibility index (Phi) is 5.60. The summed E-state index contributed by atoms with van der Waals surface area (Å²) in [5.74, 6) is -0.823. The van der Waals surface area contributed by atoms with Gasteiger partial charge in [-0.25, -0.2) is 0 Å². The summed E-state index contributed by atoms with van der Waals surface area (Å²) in [7, 11) is 0. The van der Waals surface area contributed by atoms with Crippen molar-refractivity contribution >= 4 is 34.1 Å². The predicted molar refractivity (Wildman–Crippen MR) is 107 cm³/mol. The highest BCUT2D eigenvalue weighted by Crippen LogP contribution is 2.40. The third-order valence-electron chi connectivity index (χ3n) is 4.94. The number of carbonyl (C=O) groups excluding carboxylic acids is 3. The summed E-state index contributed by atoms with van der Waals surface area (Å²) in [6.07, 6.45) is 1.24. The number of nitrogens with two attached hydrogens (primary N) is 1. The Morgan fingerprint density at radius 3 is 2.33 bits per heavy atom. The number of hydrogen-bond acceptors (Lipinski definition) is 4. The van der Waals surface area contributed by atoms with Crippen molar-refractivity contribution in [1.29, 1.82) is 0 Å². The number of thiophene rings is 1. The van der Waals surface area contributed by atoms with Gasteiger partial charge in [-0.05, 0) is 25.3 Å². The van der Waals surface area contributed by atoms with E-state index in [0.29, 0.717) is 36.5 Å². The Morgan fingerprint density at radius 2 is 1.78 bits per heavy atom. The van der Waals surface area contributed by atoms with Crippen LogP contribution in [0.3, 0.4) is 0 Å². The van der Waals surface area contributed by atoms with Gasteiger partial charge in [0.15, 0.2) is 0 Å². The van der Waals surface area contributed by atoms with Crippen molar-refractivity contribution in [1.82, 2.24) is 4.90 Å². The molecule has 7 heteroatoms. The number of primary amides is 1. The summed E-state index contributed by atoms with van der Waals surface area (Å²) in [5, 5.41) is 3.41. The fourth-order valence-corrected chi connectivity index (χ4v) is 4.58. The van der Waals surface area contributed by atoms with Crippen molar-refractivity contribution < 1.29 is 14.4 Å². The molecule has 142 valence electrons. The molecule has 0 unspecified atom stereocenters. The van der Waals surface area contributed by atoms with Gasteiger partial charge >= 0.3 is 0 Å². The molecular formula is C20H23N3O3S. The smallest absolute Gasteiger partial charge is 0.252 e. The number of hydrogen-bond donors (Lipinski definition) is 2. The number of nitrogens with one attached hydrogen (secondary N) is 1. The van der Waals surface area contributed by atoms with Gasteiger partial charge in [0.1, 0.15) is 5.00 Å². The molecule has 3 amide bonds. The second-order valence-corrected chi connectivity index (χ2v) is 7.96. The van der Waals surface area contributed by atoms with Crippen LogP contribution >= 0.6 is 11.3 Å². The van der Waals surface area contributed by atoms with Crippen molar-refractivity contribution in [2.24, 2.45) is 11.7 Å². The maximum atomic E-state index is 12.7. The summed E-state index contributed by atoms with van der Waals surface area (Å²) >= 11 is 1.36. The number of benzene rings is 1. The second kappa shape index (κ2) is 7.92. The highest BCUT2D eigenvalue weighted by atomic mass is 32.1. The lowest BCUT2D eigenvalue weighted by molar-refractivity contribution is -0.132. The van der Waals surface area contributed by atoms with Crippen LogP contribution in [-0.2, 0) is 9.59 Å². The molecule has 1 fully saturated rings. The third-order valence-corrected chi connectivity index (χ3v) is 5.96. The number of likely N-dealkylation sites (tertiary alicyclic amines) is 1. The van der Waals surface area contributed by atoms with Gasteiger partial charge in [-0.3, -0.25) is 14.4 Å². The Morgan fingerprint density at radius 1 is 1.15 bits per heavy atom. The number of piperidine rings is 1. The Labute approximate surface area is 162 Å². The fourth-order valence-electron chi connectivity index (χ4n) is 3.49. The van der Waals surface area contributed by atoms with Gasteiger partial charge < -0.3 is 16.0 Å². The average molecular weight is 385 g/mol. The second-order valence-electron chi connectivity index (χ2n) is 6.74. The molecular weight excluding hydrogens is 362 g/mol. The summed E-state index contributed by atoms with van der Waals surface area (Å²) < 4.78 is 0. The Bertz CT molecular complexity index is 868. The van der Waals surface area contributed by atoms with Gasteiger partial charge in [0.25, 0.3) is 5.91 Å². The summed E-state index contributed by atoms with van der Waals surface area (Å²) in [6, 6.07) is 9.55. The van der Waals surface area contributed by atoms with E-state index in [1.807, 2.05) is 37.3 Å². The highest BCUT2D eigenvalue weighted by Gasteiger charge is 2.28. The number of rotatable bonds is 4.